The molecule has 0 radical (unpaired) electrons. The molecule has 3 heteroatoms. The Hall–Kier alpha value is -1.90. The number of rotatable bonds is 4. The van der Waals surface area contributed by atoms with E-state index in [-0.39, 0.29) is 11.7 Å². The first-order valence-corrected chi connectivity index (χ1v) is 7.84. The summed E-state index contributed by atoms with van der Waals surface area (Å²) >= 11 is 7.30. The number of halogens is 1. The molecule has 3 rings (SSSR count). The summed E-state index contributed by atoms with van der Waals surface area (Å²) in [6.07, 6.45) is 0. The van der Waals surface area contributed by atoms with Gasteiger partial charge in [0.15, 0.2) is 5.78 Å². The molecule has 104 valence electrons. The number of carbonyl (C=O) groups excluding carboxylic acids is 1. The first-order valence-electron chi connectivity index (χ1n) is 6.65. The van der Waals surface area contributed by atoms with Gasteiger partial charge in [-0.15, -0.1) is 11.3 Å². The van der Waals surface area contributed by atoms with Crippen LogP contribution in [0, 0.1) is 0 Å². The second kappa shape index (κ2) is 6.25. The van der Waals surface area contributed by atoms with E-state index in [1.165, 1.54) is 11.3 Å². The zero-order valence-corrected chi connectivity index (χ0v) is 12.8. The second-order valence-electron chi connectivity index (χ2n) is 4.72. The minimum atomic E-state index is -0.290. The largest absolute Gasteiger partial charge is 0.292 e. The fourth-order valence-electron chi connectivity index (χ4n) is 2.38. The van der Waals surface area contributed by atoms with Gasteiger partial charge in [-0.25, -0.2) is 0 Å². The van der Waals surface area contributed by atoms with Crippen LogP contribution in [0.5, 0.6) is 0 Å². The lowest BCUT2D eigenvalue weighted by Crippen LogP contribution is -2.13. The molecule has 1 aromatic heterocycles. The lowest BCUT2D eigenvalue weighted by atomic mass is 9.87. The predicted molar refractivity (Wildman–Crippen MR) is 88.4 cm³/mol. The molecule has 0 amide bonds. The quantitative estimate of drug-likeness (QED) is 0.588. The van der Waals surface area contributed by atoms with Crippen LogP contribution >= 0.6 is 22.9 Å². The van der Waals surface area contributed by atoms with Crippen LogP contribution in [0.25, 0.3) is 0 Å². The summed E-state index contributed by atoms with van der Waals surface area (Å²) in [6, 6.07) is 23.3. The van der Waals surface area contributed by atoms with Gasteiger partial charge in [0, 0.05) is 0 Å². The maximum atomic E-state index is 12.9. The van der Waals surface area contributed by atoms with Gasteiger partial charge < -0.3 is 0 Å². The Balaban J connectivity index is 2.07. The molecule has 3 aromatic rings. The Labute approximate surface area is 132 Å². The monoisotopic (exact) mass is 312 g/mol. The zero-order valence-electron chi connectivity index (χ0n) is 11.2. The number of carbonyl (C=O) groups is 1. The first-order chi connectivity index (χ1) is 10.3. The van der Waals surface area contributed by atoms with Crippen LogP contribution in [0.1, 0.15) is 26.7 Å². The van der Waals surface area contributed by atoms with Gasteiger partial charge in [-0.1, -0.05) is 72.3 Å². The van der Waals surface area contributed by atoms with Crippen molar-refractivity contribution in [2.45, 2.75) is 5.92 Å². The third-order valence-corrected chi connectivity index (χ3v) is 4.59. The Morgan fingerprint density at radius 3 is 1.76 bits per heavy atom. The van der Waals surface area contributed by atoms with E-state index in [4.69, 9.17) is 11.6 Å². The number of ketones is 1. The average molecular weight is 313 g/mol. The Kier molecular flexibility index (Phi) is 4.18. The van der Waals surface area contributed by atoms with Crippen LogP contribution in [0.15, 0.2) is 72.8 Å². The second-order valence-corrected chi connectivity index (χ2v) is 6.44. The van der Waals surface area contributed by atoms with Crippen LogP contribution in [0.3, 0.4) is 0 Å². The van der Waals surface area contributed by atoms with Crippen LogP contribution in [-0.2, 0) is 0 Å². The molecule has 0 N–H and O–H groups in total. The number of hydrogen-bond acceptors (Lipinski definition) is 2. The maximum Gasteiger partial charge on any atom is 0.184 e. The molecule has 0 aliphatic heterocycles. The van der Waals surface area contributed by atoms with Gasteiger partial charge in [-0.2, -0.15) is 0 Å². The normalized spacial score (nSPS) is 10.8. The SMILES string of the molecule is O=C(c1ccc(Cl)s1)C(c1ccccc1)c1ccccc1. The van der Waals surface area contributed by atoms with E-state index in [2.05, 4.69) is 0 Å². The standard InChI is InChI=1S/C18H13ClOS/c19-16-12-11-15(21-16)18(20)17(13-7-3-1-4-8-13)14-9-5-2-6-10-14/h1-12,17H. The van der Waals surface area contributed by atoms with Crippen molar-refractivity contribution in [2.75, 3.05) is 0 Å². The highest BCUT2D eigenvalue weighted by Gasteiger charge is 2.24. The van der Waals surface area contributed by atoms with Crippen LogP contribution < -0.4 is 0 Å². The third-order valence-electron chi connectivity index (χ3n) is 3.34. The lowest BCUT2D eigenvalue weighted by molar-refractivity contribution is 0.0978. The van der Waals surface area contributed by atoms with Gasteiger partial charge >= 0.3 is 0 Å². The summed E-state index contributed by atoms with van der Waals surface area (Å²) in [5.74, 6) is -0.202. The topological polar surface area (TPSA) is 17.1 Å². The lowest BCUT2D eigenvalue weighted by Gasteiger charge is -2.16. The first kappa shape index (κ1) is 14.1. The number of Topliss-reactive ketones (excluding diaryl/α,β-unsaturated/α-hetero) is 1. The molecular weight excluding hydrogens is 300 g/mol. The number of benzene rings is 2. The summed E-state index contributed by atoms with van der Waals surface area (Å²) in [6.45, 7) is 0. The predicted octanol–water partition coefficient (Wildman–Crippen LogP) is 5.42. The summed E-state index contributed by atoms with van der Waals surface area (Å²) in [7, 11) is 0. The molecule has 0 spiro atoms. The minimum Gasteiger partial charge on any atom is -0.292 e. The van der Waals surface area contributed by atoms with Crippen molar-refractivity contribution in [2.24, 2.45) is 0 Å². The van der Waals surface area contributed by atoms with Crippen molar-refractivity contribution in [3.05, 3.63) is 93.1 Å². The summed E-state index contributed by atoms with van der Waals surface area (Å²) < 4.78 is 0.637. The van der Waals surface area contributed by atoms with Crippen LogP contribution in [0.2, 0.25) is 4.34 Å². The smallest absolute Gasteiger partial charge is 0.184 e. The fraction of sp³-hybridized carbons (Fsp3) is 0.0556. The maximum absolute atomic E-state index is 12.9. The fourth-order valence-corrected chi connectivity index (χ4v) is 3.39. The van der Waals surface area contributed by atoms with E-state index in [1.54, 1.807) is 12.1 Å². The summed E-state index contributed by atoms with van der Waals surface area (Å²) in [5.41, 5.74) is 2.00. The van der Waals surface area contributed by atoms with E-state index in [0.717, 1.165) is 11.1 Å². The molecule has 0 aliphatic rings. The number of hydrogen-bond donors (Lipinski definition) is 0. The molecule has 1 heterocycles. The van der Waals surface area contributed by atoms with Gasteiger partial charge in [0.2, 0.25) is 0 Å². The van der Waals surface area contributed by atoms with E-state index in [0.29, 0.717) is 9.21 Å². The minimum absolute atomic E-state index is 0.0873. The van der Waals surface area contributed by atoms with Crippen molar-refractivity contribution >= 4 is 28.7 Å². The third kappa shape index (κ3) is 3.07. The molecule has 21 heavy (non-hydrogen) atoms. The molecular formula is C18H13ClOS. The average Bonchev–Trinajstić information content (AvgIpc) is 2.96. The molecule has 0 saturated heterocycles. The summed E-state index contributed by atoms with van der Waals surface area (Å²) in [5, 5.41) is 0. The van der Waals surface area contributed by atoms with Crippen molar-refractivity contribution in [3.63, 3.8) is 0 Å². The molecule has 0 atom stereocenters. The van der Waals surface area contributed by atoms with Gasteiger partial charge in [-0.3, -0.25) is 4.79 Å². The molecule has 0 fully saturated rings. The molecule has 1 nitrogen and oxygen atoms in total. The number of thiophene rings is 1. The highest BCUT2D eigenvalue weighted by atomic mass is 35.5. The molecule has 0 unspecified atom stereocenters. The van der Waals surface area contributed by atoms with Gasteiger partial charge in [-0.05, 0) is 23.3 Å². The zero-order chi connectivity index (χ0) is 14.7. The van der Waals surface area contributed by atoms with E-state index in [1.807, 2.05) is 60.7 Å². The van der Waals surface area contributed by atoms with E-state index < -0.39 is 0 Å². The van der Waals surface area contributed by atoms with Gasteiger partial charge in [0.05, 0.1) is 15.1 Å². The Morgan fingerprint density at radius 1 is 0.810 bits per heavy atom. The molecule has 0 saturated carbocycles. The van der Waals surface area contributed by atoms with Crippen LogP contribution in [-0.4, -0.2) is 5.78 Å². The van der Waals surface area contributed by atoms with Crippen molar-refractivity contribution in [3.8, 4) is 0 Å². The van der Waals surface area contributed by atoms with Crippen molar-refractivity contribution in [1.29, 1.82) is 0 Å². The molecule has 0 bridgehead atoms. The molecule has 0 aliphatic carbocycles. The molecule has 2 aromatic carbocycles. The van der Waals surface area contributed by atoms with Crippen molar-refractivity contribution in [1.82, 2.24) is 0 Å². The van der Waals surface area contributed by atoms with E-state index in [9.17, 15) is 4.79 Å². The van der Waals surface area contributed by atoms with Gasteiger partial charge in [0.1, 0.15) is 0 Å². The van der Waals surface area contributed by atoms with E-state index >= 15 is 0 Å². The van der Waals surface area contributed by atoms with Crippen molar-refractivity contribution < 1.29 is 4.79 Å². The Morgan fingerprint density at radius 2 is 1.33 bits per heavy atom. The Bertz CT molecular complexity index is 695. The summed E-state index contributed by atoms with van der Waals surface area (Å²) in [4.78, 5) is 13.6. The highest BCUT2D eigenvalue weighted by molar-refractivity contribution is 7.18. The van der Waals surface area contributed by atoms with Gasteiger partial charge in [0.25, 0.3) is 0 Å². The van der Waals surface area contributed by atoms with Crippen LogP contribution in [0.4, 0.5) is 0 Å². The highest BCUT2D eigenvalue weighted by Crippen LogP contribution is 2.32.